The average molecular weight is 368 g/mol. The molecule has 1 aromatic carbocycles. The molecule has 5 nitrogen and oxygen atoms in total. The Hall–Kier alpha value is -1.30. The van der Waals surface area contributed by atoms with Crippen molar-refractivity contribution in [1.29, 1.82) is 0 Å². The van der Waals surface area contributed by atoms with Crippen LogP contribution in [0.5, 0.6) is 0 Å². The van der Waals surface area contributed by atoms with Crippen LogP contribution in [-0.4, -0.2) is 64.0 Å². The molecule has 1 aromatic rings. The number of halogens is 1. The average Bonchev–Trinajstić information content (AvgIpc) is 3.08. The molecule has 1 aliphatic heterocycles. The van der Waals surface area contributed by atoms with E-state index in [0.29, 0.717) is 19.1 Å². The van der Waals surface area contributed by atoms with Crippen LogP contribution in [0.2, 0.25) is 5.02 Å². The van der Waals surface area contributed by atoms with E-state index in [2.05, 4.69) is 29.3 Å². The lowest BCUT2D eigenvalue weighted by molar-refractivity contribution is 0.0536. The lowest BCUT2D eigenvalue weighted by Gasteiger charge is -2.21. The predicted octanol–water partition coefficient (Wildman–Crippen LogP) is 2.83. The van der Waals surface area contributed by atoms with Crippen molar-refractivity contribution >= 4 is 17.6 Å². The van der Waals surface area contributed by atoms with Crippen molar-refractivity contribution in [2.75, 3.05) is 53.1 Å². The Morgan fingerprint density at radius 1 is 1.32 bits per heavy atom. The largest absolute Gasteiger partial charge is 0.382 e. The monoisotopic (exact) mass is 367 g/mol. The summed E-state index contributed by atoms with van der Waals surface area (Å²) in [5.41, 5.74) is 1.26. The van der Waals surface area contributed by atoms with Gasteiger partial charge in [0.2, 0.25) is 0 Å². The first-order valence-electron chi connectivity index (χ1n) is 9.07. The fourth-order valence-corrected chi connectivity index (χ4v) is 3.05. The highest BCUT2D eigenvalue weighted by Crippen LogP contribution is 2.17. The summed E-state index contributed by atoms with van der Waals surface area (Å²) in [5.74, 6) is 1.58. The van der Waals surface area contributed by atoms with E-state index in [9.17, 15) is 0 Å². The highest BCUT2D eigenvalue weighted by atomic mass is 35.5. The molecular weight excluding hydrogens is 338 g/mol. The first kappa shape index (κ1) is 20.0. The predicted molar refractivity (Wildman–Crippen MR) is 104 cm³/mol. The van der Waals surface area contributed by atoms with Crippen molar-refractivity contribution in [2.24, 2.45) is 10.9 Å². The van der Waals surface area contributed by atoms with E-state index in [1.807, 2.05) is 12.1 Å². The van der Waals surface area contributed by atoms with Crippen LogP contribution in [0, 0.1) is 5.92 Å². The number of nitrogens with zero attached hydrogens (tertiary/aromatic N) is 2. The minimum Gasteiger partial charge on any atom is -0.382 e. The van der Waals surface area contributed by atoms with Crippen LogP contribution in [0.3, 0.4) is 0 Å². The van der Waals surface area contributed by atoms with Gasteiger partial charge in [-0.3, -0.25) is 4.99 Å². The number of aliphatic imine (C=N–C) groups is 1. The zero-order valence-electron chi connectivity index (χ0n) is 15.3. The smallest absolute Gasteiger partial charge is 0.193 e. The van der Waals surface area contributed by atoms with Gasteiger partial charge in [-0.15, -0.1) is 0 Å². The molecule has 25 heavy (non-hydrogen) atoms. The number of benzene rings is 1. The third-order valence-corrected chi connectivity index (χ3v) is 4.53. The molecule has 1 saturated heterocycles. The van der Waals surface area contributed by atoms with E-state index in [4.69, 9.17) is 26.1 Å². The molecule has 1 atom stereocenters. The summed E-state index contributed by atoms with van der Waals surface area (Å²) in [6.45, 7) is 7.92. The SMILES string of the molecule is CCNC(=NCCc1ccc(Cl)cc1)N1CCC(COCCOC)C1. The molecule has 1 N–H and O–H groups in total. The van der Waals surface area contributed by atoms with Crippen molar-refractivity contribution in [1.82, 2.24) is 10.2 Å². The van der Waals surface area contributed by atoms with Crippen molar-refractivity contribution in [3.05, 3.63) is 34.9 Å². The number of rotatable bonds is 9. The number of guanidine groups is 1. The van der Waals surface area contributed by atoms with Crippen LogP contribution in [0.25, 0.3) is 0 Å². The van der Waals surface area contributed by atoms with Gasteiger partial charge in [-0.2, -0.15) is 0 Å². The topological polar surface area (TPSA) is 46.1 Å². The summed E-state index contributed by atoms with van der Waals surface area (Å²) < 4.78 is 10.7. The van der Waals surface area contributed by atoms with Crippen LogP contribution >= 0.6 is 11.6 Å². The third-order valence-electron chi connectivity index (χ3n) is 4.28. The fraction of sp³-hybridized carbons (Fsp3) is 0.632. The van der Waals surface area contributed by atoms with Crippen LogP contribution in [-0.2, 0) is 15.9 Å². The molecule has 0 spiro atoms. The molecule has 0 radical (unpaired) electrons. The molecule has 1 aliphatic rings. The van der Waals surface area contributed by atoms with Crippen molar-refractivity contribution in [2.45, 2.75) is 19.8 Å². The van der Waals surface area contributed by atoms with Gasteiger partial charge in [0, 0.05) is 44.2 Å². The van der Waals surface area contributed by atoms with Gasteiger partial charge in [0.25, 0.3) is 0 Å². The number of hydrogen-bond acceptors (Lipinski definition) is 3. The fourth-order valence-electron chi connectivity index (χ4n) is 2.92. The second-order valence-electron chi connectivity index (χ2n) is 6.28. The molecule has 0 aromatic heterocycles. The summed E-state index contributed by atoms with van der Waals surface area (Å²) in [6.07, 6.45) is 2.07. The van der Waals surface area contributed by atoms with Crippen LogP contribution in [0.1, 0.15) is 18.9 Å². The van der Waals surface area contributed by atoms with Gasteiger partial charge in [-0.25, -0.2) is 0 Å². The van der Waals surface area contributed by atoms with E-state index in [-0.39, 0.29) is 0 Å². The molecule has 140 valence electrons. The molecule has 1 unspecified atom stereocenters. The Kier molecular flexibility index (Phi) is 9.08. The van der Waals surface area contributed by atoms with Gasteiger partial charge in [0.05, 0.1) is 19.8 Å². The van der Waals surface area contributed by atoms with Gasteiger partial charge in [-0.05, 0) is 37.5 Å². The number of hydrogen-bond donors (Lipinski definition) is 1. The number of methoxy groups -OCH3 is 1. The number of ether oxygens (including phenoxy) is 2. The van der Waals surface area contributed by atoms with Gasteiger partial charge in [0.1, 0.15) is 0 Å². The van der Waals surface area contributed by atoms with E-state index < -0.39 is 0 Å². The minimum absolute atomic E-state index is 0.567. The van der Waals surface area contributed by atoms with Gasteiger partial charge in [0.15, 0.2) is 5.96 Å². The standard InChI is InChI=1S/C19H30ClN3O2/c1-3-21-19(22-10-8-16-4-6-18(20)7-5-16)23-11-9-17(14-23)15-25-13-12-24-2/h4-7,17H,3,8-15H2,1-2H3,(H,21,22). The summed E-state index contributed by atoms with van der Waals surface area (Å²) in [4.78, 5) is 7.14. The quantitative estimate of drug-likeness (QED) is 0.414. The molecular formula is C19H30ClN3O2. The lowest BCUT2D eigenvalue weighted by Crippen LogP contribution is -2.40. The van der Waals surface area contributed by atoms with Crippen molar-refractivity contribution in [3.63, 3.8) is 0 Å². The molecule has 0 bridgehead atoms. The summed E-state index contributed by atoms with van der Waals surface area (Å²) in [7, 11) is 1.70. The van der Waals surface area contributed by atoms with Crippen LogP contribution in [0.4, 0.5) is 0 Å². The summed E-state index contributed by atoms with van der Waals surface area (Å²) >= 11 is 5.93. The first-order valence-corrected chi connectivity index (χ1v) is 9.45. The molecule has 2 rings (SSSR count). The zero-order valence-corrected chi connectivity index (χ0v) is 16.1. The Balaban J connectivity index is 1.79. The number of likely N-dealkylation sites (tertiary alicyclic amines) is 1. The molecule has 1 heterocycles. The molecule has 0 amide bonds. The Labute approximate surface area is 156 Å². The van der Waals surface area contributed by atoms with Gasteiger partial charge in [-0.1, -0.05) is 23.7 Å². The summed E-state index contributed by atoms with van der Waals surface area (Å²) in [6, 6.07) is 7.99. The second-order valence-corrected chi connectivity index (χ2v) is 6.72. The maximum atomic E-state index is 5.93. The van der Waals surface area contributed by atoms with E-state index >= 15 is 0 Å². The Bertz CT molecular complexity index is 522. The summed E-state index contributed by atoms with van der Waals surface area (Å²) in [5, 5.41) is 4.19. The lowest BCUT2D eigenvalue weighted by atomic mass is 10.1. The Morgan fingerprint density at radius 2 is 2.12 bits per heavy atom. The maximum absolute atomic E-state index is 5.93. The maximum Gasteiger partial charge on any atom is 0.193 e. The zero-order chi connectivity index (χ0) is 17.9. The third kappa shape index (κ3) is 7.22. The Morgan fingerprint density at radius 3 is 2.84 bits per heavy atom. The first-order chi connectivity index (χ1) is 12.2. The molecule has 0 aliphatic carbocycles. The molecule has 0 saturated carbocycles. The second kappa shape index (κ2) is 11.3. The van der Waals surface area contributed by atoms with Gasteiger partial charge < -0.3 is 19.7 Å². The normalized spacial score (nSPS) is 18.0. The van der Waals surface area contributed by atoms with Gasteiger partial charge >= 0.3 is 0 Å². The molecule has 1 fully saturated rings. The highest BCUT2D eigenvalue weighted by molar-refractivity contribution is 6.30. The highest BCUT2D eigenvalue weighted by Gasteiger charge is 2.24. The van der Waals surface area contributed by atoms with E-state index in [1.54, 1.807) is 7.11 Å². The van der Waals surface area contributed by atoms with E-state index in [1.165, 1.54) is 5.56 Å². The minimum atomic E-state index is 0.567. The van der Waals surface area contributed by atoms with E-state index in [0.717, 1.165) is 56.6 Å². The van der Waals surface area contributed by atoms with Crippen molar-refractivity contribution < 1.29 is 9.47 Å². The van der Waals surface area contributed by atoms with Crippen molar-refractivity contribution in [3.8, 4) is 0 Å². The molecule has 6 heteroatoms. The number of nitrogens with one attached hydrogen (secondary N) is 1. The van der Waals surface area contributed by atoms with Crippen LogP contribution in [0.15, 0.2) is 29.3 Å². The van der Waals surface area contributed by atoms with Crippen LogP contribution < -0.4 is 5.32 Å².